The van der Waals surface area contributed by atoms with Gasteiger partial charge in [0, 0.05) is 23.0 Å². The second-order valence-electron chi connectivity index (χ2n) is 8.63. The summed E-state index contributed by atoms with van der Waals surface area (Å²) in [6.07, 6.45) is -7.71. The first-order chi connectivity index (χ1) is 17.7. The molecule has 0 radical (unpaired) electrons. The first kappa shape index (κ1) is 27.0. The third-order valence-electron chi connectivity index (χ3n) is 6.02. The predicted molar refractivity (Wildman–Crippen MR) is 123 cm³/mol. The molecule has 1 aliphatic rings. The van der Waals surface area contributed by atoms with Crippen LogP contribution in [0.1, 0.15) is 57.4 Å². The molecule has 0 aliphatic heterocycles. The molecule has 38 heavy (non-hydrogen) atoms. The molecule has 3 N–H and O–H groups in total. The maximum Gasteiger partial charge on any atom is 0.417 e. The van der Waals surface area contributed by atoms with Gasteiger partial charge in [-0.3, -0.25) is 0 Å². The molecule has 0 fully saturated rings. The smallest absolute Gasteiger partial charge is 0.417 e. The lowest BCUT2D eigenvalue weighted by molar-refractivity contribution is -0.138. The van der Waals surface area contributed by atoms with E-state index in [0.717, 1.165) is 12.1 Å². The number of aromatic carboxylic acids is 1. The van der Waals surface area contributed by atoms with Crippen LogP contribution in [0, 0.1) is 5.82 Å². The summed E-state index contributed by atoms with van der Waals surface area (Å²) in [5.74, 6) is -2.72. The number of anilines is 1. The minimum Gasteiger partial charge on any atom is -0.478 e. The van der Waals surface area contributed by atoms with E-state index in [0.29, 0.717) is 54.3 Å². The number of carboxylic acids is 1. The summed E-state index contributed by atoms with van der Waals surface area (Å²) in [5, 5.41) is 9.37. The van der Waals surface area contributed by atoms with Crippen LogP contribution in [0.3, 0.4) is 0 Å². The molecule has 1 heterocycles. The normalized spacial score (nSPS) is 14.2. The maximum absolute atomic E-state index is 14.3. The van der Waals surface area contributed by atoms with Crippen LogP contribution in [0.2, 0.25) is 0 Å². The van der Waals surface area contributed by atoms with Crippen LogP contribution >= 0.6 is 0 Å². The SMILES string of the molecule is Nc1cc(C(=O)O)cc(C2=C(c3cc(C(F)(F)F)cnc3OCc3ccc(C(F)(F)F)cc3F)CCC2)c1. The Labute approximate surface area is 211 Å². The van der Waals surface area contributed by atoms with Gasteiger partial charge in [0.2, 0.25) is 5.88 Å². The molecule has 0 unspecified atom stereocenters. The molecule has 0 spiro atoms. The summed E-state index contributed by atoms with van der Waals surface area (Å²) in [6, 6.07) is 6.79. The highest BCUT2D eigenvalue weighted by Gasteiger charge is 2.34. The molecule has 0 saturated carbocycles. The monoisotopic (exact) mass is 540 g/mol. The highest BCUT2D eigenvalue weighted by atomic mass is 19.4. The zero-order valence-electron chi connectivity index (χ0n) is 19.4. The van der Waals surface area contributed by atoms with Crippen molar-refractivity contribution in [3.63, 3.8) is 0 Å². The molecule has 12 heteroatoms. The number of pyridine rings is 1. The summed E-state index contributed by atoms with van der Waals surface area (Å²) >= 11 is 0. The van der Waals surface area contributed by atoms with Crippen molar-refractivity contribution >= 4 is 22.8 Å². The first-order valence-electron chi connectivity index (χ1n) is 11.2. The highest BCUT2D eigenvalue weighted by Crippen LogP contribution is 2.44. The number of carboxylic acid groups (broad SMARTS) is 1. The molecule has 5 nitrogen and oxygen atoms in total. The molecule has 0 amide bonds. The van der Waals surface area contributed by atoms with Crippen LogP contribution in [-0.4, -0.2) is 16.1 Å². The van der Waals surface area contributed by atoms with Crippen LogP contribution in [0.15, 0.2) is 48.7 Å². The van der Waals surface area contributed by atoms with E-state index in [4.69, 9.17) is 10.5 Å². The fourth-order valence-corrected chi connectivity index (χ4v) is 4.23. The minimum atomic E-state index is -4.75. The van der Waals surface area contributed by atoms with Crippen molar-refractivity contribution in [2.45, 2.75) is 38.2 Å². The van der Waals surface area contributed by atoms with Gasteiger partial charge in [0.25, 0.3) is 0 Å². The Morgan fingerprint density at radius 1 is 0.947 bits per heavy atom. The lowest BCUT2D eigenvalue weighted by atomic mass is 9.95. The predicted octanol–water partition coefficient (Wildman–Crippen LogP) is 7.21. The van der Waals surface area contributed by atoms with Crippen LogP contribution in [-0.2, 0) is 19.0 Å². The molecule has 1 aromatic heterocycles. The molecule has 2 aromatic carbocycles. The summed E-state index contributed by atoms with van der Waals surface area (Å²) in [6.45, 7) is -0.598. The molecule has 0 saturated heterocycles. The summed E-state index contributed by atoms with van der Waals surface area (Å²) in [7, 11) is 0. The quantitative estimate of drug-likeness (QED) is 0.255. The van der Waals surface area contributed by atoms with Gasteiger partial charge in [-0.15, -0.1) is 0 Å². The highest BCUT2D eigenvalue weighted by molar-refractivity contribution is 5.97. The van der Waals surface area contributed by atoms with Gasteiger partial charge in [0.1, 0.15) is 12.4 Å². The van der Waals surface area contributed by atoms with E-state index < -0.39 is 41.9 Å². The van der Waals surface area contributed by atoms with E-state index in [2.05, 4.69) is 4.98 Å². The Balaban J connectivity index is 1.77. The second-order valence-corrected chi connectivity index (χ2v) is 8.63. The van der Waals surface area contributed by atoms with Gasteiger partial charge in [-0.1, -0.05) is 6.07 Å². The van der Waals surface area contributed by atoms with Gasteiger partial charge in [-0.2, -0.15) is 26.3 Å². The van der Waals surface area contributed by atoms with Crippen molar-refractivity contribution in [1.29, 1.82) is 0 Å². The number of nitrogens with two attached hydrogens (primary N) is 1. The molecular formula is C26H19F7N2O3. The van der Waals surface area contributed by atoms with E-state index in [1.54, 1.807) is 0 Å². The van der Waals surface area contributed by atoms with Crippen molar-refractivity contribution in [1.82, 2.24) is 4.98 Å². The van der Waals surface area contributed by atoms with Gasteiger partial charge < -0.3 is 15.6 Å². The number of benzene rings is 2. The van der Waals surface area contributed by atoms with E-state index in [9.17, 15) is 40.6 Å². The summed E-state index contributed by atoms with van der Waals surface area (Å²) in [4.78, 5) is 15.3. The van der Waals surface area contributed by atoms with Gasteiger partial charge in [-0.05, 0) is 72.4 Å². The molecule has 3 aromatic rings. The van der Waals surface area contributed by atoms with E-state index in [1.807, 2.05) is 0 Å². The van der Waals surface area contributed by atoms with Crippen molar-refractivity contribution in [3.05, 3.63) is 87.9 Å². The fourth-order valence-electron chi connectivity index (χ4n) is 4.23. The van der Waals surface area contributed by atoms with Gasteiger partial charge in [0.15, 0.2) is 0 Å². The molecular weight excluding hydrogens is 521 g/mol. The topological polar surface area (TPSA) is 85.4 Å². The zero-order valence-corrected chi connectivity index (χ0v) is 19.4. The summed E-state index contributed by atoms with van der Waals surface area (Å²) in [5.41, 5.74) is 4.69. The van der Waals surface area contributed by atoms with Crippen LogP contribution in [0.25, 0.3) is 11.1 Å². The number of rotatable bonds is 6. The number of halogens is 7. The fraction of sp³-hybridized carbons (Fsp3) is 0.231. The van der Waals surface area contributed by atoms with Crippen LogP contribution < -0.4 is 10.5 Å². The van der Waals surface area contributed by atoms with Crippen LogP contribution in [0.5, 0.6) is 5.88 Å². The van der Waals surface area contributed by atoms with Crippen molar-refractivity contribution < 1.29 is 45.4 Å². The largest absolute Gasteiger partial charge is 0.478 e. The number of carbonyl (C=O) groups is 1. The average molecular weight is 540 g/mol. The average Bonchev–Trinajstić information content (AvgIpc) is 3.31. The number of alkyl halides is 6. The zero-order chi connectivity index (χ0) is 27.8. The number of allylic oxidation sites excluding steroid dienone is 2. The molecule has 200 valence electrons. The number of hydrogen-bond donors (Lipinski definition) is 2. The Hall–Kier alpha value is -4.09. The van der Waals surface area contributed by atoms with E-state index in [-0.39, 0.29) is 28.3 Å². The first-order valence-corrected chi connectivity index (χ1v) is 11.2. The summed E-state index contributed by atoms with van der Waals surface area (Å²) < 4.78 is 98.9. The van der Waals surface area contributed by atoms with Crippen molar-refractivity contribution in [3.8, 4) is 5.88 Å². The maximum atomic E-state index is 14.3. The Kier molecular flexibility index (Phi) is 7.09. The number of aromatic nitrogens is 1. The Morgan fingerprint density at radius 3 is 2.26 bits per heavy atom. The van der Waals surface area contributed by atoms with E-state index >= 15 is 0 Å². The lowest BCUT2D eigenvalue weighted by Gasteiger charge is -2.17. The Bertz CT molecular complexity index is 1430. The molecule has 0 bridgehead atoms. The number of hydrogen-bond acceptors (Lipinski definition) is 4. The lowest BCUT2D eigenvalue weighted by Crippen LogP contribution is -2.10. The minimum absolute atomic E-state index is 0.0426. The Morgan fingerprint density at radius 2 is 1.63 bits per heavy atom. The van der Waals surface area contributed by atoms with Crippen molar-refractivity contribution in [2.75, 3.05) is 5.73 Å². The number of nitrogens with zero attached hydrogens (tertiary/aromatic N) is 1. The van der Waals surface area contributed by atoms with Crippen LogP contribution in [0.4, 0.5) is 36.4 Å². The van der Waals surface area contributed by atoms with Gasteiger partial charge in [0.05, 0.1) is 16.7 Å². The van der Waals surface area contributed by atoms with Gasteiger partial charge >= 0.3 is 18.3 Å². The van der Waals surface area contributed by atoms with Crippen molar-refractivity contribution in [2.24, 2.45) is 0 Å². The number of nitrogen functional groups attached to an aromatic ring is 1. The molecule has 0 atom stereocenters. The standard InChI is InChI=1S/C26H19F7N2O3/c27-22-10-16(25(28,29)30)5-4-13(22)12-38-23-21(9-17(11-35-23)26(31,32)33)20-3-1-2-19(20)14-6-15(24(36)37)8-18(34)7-14/h4-11H,1-3,12,34H2,(H,36,37). The van der Waals surface area contributed by atoms with E-state index in [1.165, 1.54) is 18.2 Å². The molecule has 1 aliphatic carbocycles. The third kappa shape index (κ3) is 5.74. The van der Waals surface area contributed by atoms with Gasteiger partial charge in [-0.25, -0.2) is 14.2 Å². The second kappa shape index (κ2) is 9.99. The number of ether oxygens (including phenoxy) is 1. The third-order valence-corrected chi connectivity index (χ3v) is 6.02. The molecule has 4 rings (SSSR count).